The van der Waals surface area contributed by atoms with Crippen LogP contribution >= 0.6 is 0 Å². The van der Waals surface area contributed by atoms with Crippen LogP contribution < -0.4 is 10.5 Å². The van der Waals surface area contributed by atoms with Crippen LogP contribution in [0.2, 0.25) is 0 Å². The number of ether oxygens (including phenoxy) is 1. The minimum absolute atomic E-state index is 0.295. The second-order valence-electron chi connectivity index (χ2n) is 5.32. The molecule has 1 saturated carbocycles. The number of hydrogen-bond donors (Lipinski definition) is 1. The molecule has 0 saturated heterocycles. The molecule has 5 heteroatoms. The number of nitrogens with two attached hydrogens (primary N) is 1. The highest BCUT2D eigenvalue weighted by molar-refractivity contribution is 5.58. The number of rotatable bonds is 4. The zero-order chi connectivity index (χ0) is 14.7. The van der Waals surface area contributed by atoms with Crippen molar-refractivity contribution >= 4 is 5.95 Å². The van der Waals surface area contributed by atoms with Gasteiger partial charge in [0.1, 0.15) is 11.6 Å². The number of nitrogen functional groups attached to an aromatic ring is 1. The fourth-order valence-electron chi connectivity index (χ4n) is 2.80. The number of hydrogen-bond acceptors (Lipinski definition) is 5. The molecule has 1 fully saturated rings. The largest absolute Gasteiger partial charge is 0.494 e. The Hall–Kier alpha value is -2.17. The molecule has 2 N–H and O–H groups in total. The number of aromatic nitrogens is 3. The van der Waals surface area contributed by atoms with Gasteiger partial charge in [0.15, 0.2) is 5.82 Å². The lowest BCUT2D eigenvalue weighted by Crippen LogP contribution is -2.07. The third-order valence-corrected chi connectivity index (χ3v) is 3.79. The summed E-state index contributed by atoms with van der Waals surface area (Å²) in [5, 5.41) is 0. The normalized spacial score (nSPS) is 15.3. The lowest BCUT2D eigenvalue weighted by Gasteiger charge is -2.10. The van der Waals surface area contributed by atoms with Gasteiger partial charge in [-0.1, -0.05) is 25.0 Å². The fourth-order valence-corrected chi connectivity index (χ4v) is 2.80. The molecule has 0 bridgehead atoms. The van der Waals surface area contributed by atoms with E-state index in [0.717, 1.165) is 30.0 Å². The van der Waals surface area contributed by atoms with Gasteiger partial charge in [-0.3, -0.25) is 0 Å². The van der Waals surface area contributed by atoms with E-state index in [2.05, 4.69) is 15.0 Å². The lowest BCUT2D eigenvalue weighted by molar-refractivity contribution is 0.340. The Kier molecular flexibility index (Phi) is 3.99. The van der Waals surface area contributed by atoms with Crippen LogP contribution in [-0.2, 0) is 0 Å². The van der Waals surface area contributed by atoms with Crippen LogP contribution in [0.5, 0.6) is 5.75 Å². The SMILES string of the molecule is CCOc1cccc(-c2nc(N)nc(C3CCCC3)n2)c1. The van der Waals surface area contributed by atoms with Crippen LogP contribution in [0.25, 0.3) is 11.4 Å². The van der Waals surface area contributed by atoms with E-state index in [4.69, 9.17) is 10.5 Å². The molecule has 1 aliphatic carbocycles. The molecule has 110 valence electrons. The van der Waals surface area contributed by atoms with Crippen molar-refractivity contribution in [2.75, 3.05) is 12.3 Å². The first kappa shape index (κ1) is 13.8. The quantitative estimate of drug-likeness (QED) is 0.933. The average Bonchev–Trinajstić information content (AvgIpc) is 3.01. The third kappa shape index (κ3) is 3.12. The summed E-state index contributed by atoms with van der Waals surface area (Å²) in [5.74, 6) is 2.99. The van der Waals surface area contributed by atoms with Gasteiger partial charge in [0.05, 0.1) is 6.61 Å². The molecular formula is C16H20N4O. The van der Waals surface area contributed by atoms with Crippen LogP contribution in [0.15, 0.2) is 24.3 Å². The first-order valence-electron chi connectivity index (χ1n) is 7.51. The molecule has 0 atom stereocenters. The molecule has 1 heterocycles. The van der Waals surface area contributed by atoms with Gasteiger partial charge in [-0.05, 0) is 31.9 Å². The van der Waals surface area contributed by atoms with Crippen molar-refractivity contribution in [3.05, 3.63) is 30.1 Å². The van der Waals surface area contributed by atoms with Crippen LogP contribution in [0.1, 0.15) is 44.3 Å². The molecule has 0 amide bonds. The maximum atomic E-state index is 5.87. The smallest absolute Gasteiger partial charge is 0.223 e. The van der Waals surface area contributed by atoms with Gasteiger partial charge in [-0.15, -0.1) is 0 Å². The Labute approximate surface area is 124 Å². The van der Waals surface area contributed by atoms with E-state index in [1.165, 1.54) is 12.8 Å². The van der Waals surface area contributed by atoms with Crippen molar-refractivity contribution in [3.8, 4) is 17.1 Å². The van der Waals surface area contributed by atoms with Gasteiger partial charge in [0.2, 0.25) is 5.95 Å². The summed E-state index contributed by atoms with van der Waals surface area (Å²) in [5.41, 5.74) is 6.78. The van der Waals surface area contributed by atoms with E-state index < -0.39 is 0 Å². The Morgan fingerprint density at radius 3 is 2.76 bits per heavy atom. The van der Waals surface area contributed by atoms with E-state index in [0.29, 0.717) is 24.3 Å². The predicted octanol–water partition coefficient (Wildman–Crippen LogP) is 3.18. The highest BCUT2D eigenvalue weighted by Crippen LogP contribution is 2.33. The number of nitrogens with zero attached hydrogens (tertiary/aromatic N) is 3. The lowest BCUT2D eigenvalue weighted by atomic mass is 10.1. The van der Waals surface area contributed by atoms with E-state index in [9.17, 15) is 0 Å². The number of benzene rings is 1. The highest BCUT2D eigenvalue weighted by Gasteiger charge is 2.21. The van der Waals surface area contributed by atoms with Crippen LogP contribution in [-0.4, -0.2) is 21.6 Å². The van der Waals surface area contributed by atoms with Crippen molar-refractivity contribution in [3.63, 3.8) is 0 Å². The average molecular weight is 284 g/mol. The summed E-state index contributed by atoms with van der Waals surface area (Å²) >= 11 is 0. The summed E-state index contributed by atoms with van der Waals surface area (Å²) in [6.45, 7) is 2.60. The zero-order valence-electron chi connectivity index (χ0n) is 12.2. The van der Waals surface area contributed by atoms with Crippen LogP contribution in [0.4, 0.5) is 5.95 Å². The molecule has 21 heavy (non-hydrogen) atoms. The minimum atomic E-state index is 0.295. The molecule has 0 spiro atoms. The summed E-state index contributed by atoms with van der Waals surface area (Å²) in [6.07, 6.45) is 4.76. The number of anilines is 1. The van der Waals surface area contributed by atoms with Crippen molar-refractivity contribution in [2.45, 2.75) is 38.5 Å². The second kappa shape index (κ2) is 6.08. The van der Waals surface area contributed by atoms with Gasteiger partial charge in [-0.2, -0.15) is 9.97 Å². The van der Waals surface area contributed by atoms with Gasteiger partial charge >= 0.3 is 0 Å². The molecule has 1 aliphatic rings. The van der Waals surface area contributed by atoms with Crippen LogP contribution in [0.3, 0.4) is 0 Å². The molecule has 1 aromatic heterocycles. The monoisotopic (exact) mass is 284 g/mol. The van der Waals surface area contributed by atoms with Crippen molar-refractivity contribution in [1.29, 1.82) is 0 Å². The fraction of sp³-hybridized carbons (Fsp3) is 0.438. The molecule has 5 nitrogen and oxygen atoms in total. The first-order chi connectivity index (χ1) is 10.3. The predicted molar refractivity (Wildman–Crippen MR) is 82.1 cm³/mol. The van der Waals surface area contributed by atoms with Gasteiger partial charge in [-0.25, -0.2) is 4.98 Å². The van der Waals surface area contributed by atoms with E-state index in [-0.39, 0.29) is 0 Å². The summed E-state index contributed by atoms with van der Waals surface area (Å²) < 4.78 is 5.53. The Balaban J connectivity index is 1.95. The second-order valence-corrected chi connectivity index (χ2v) is 5.32. The molecule has 3 rings (SSSR count). The summed E-state index contributed by atoms with van der Waals surface area (Å²) in [6, 6.07) is 7.78. The maximum Gasteiger partial charge on any atom is 0.223 e. The third-order valence-electron chi connectivity index (χ3n) is 3.79. The molecule has 1 aromatic carbocycles. The Morgan fingerprint density at radius 2 is 2.00 bits per heavy atom. The standard InChI is InChI=1S/C16H20N4O/c1-2-21-13-9-5-8-12(10-13)15-18-14(19-16(17)20-15)11-6-3-4-7-11/h5,8-11H,2-4,6-7H2,1H3,(H2,17,18,19,20). The molecule has 0 radical (unpaired) electrons. The summed E-state index contributed by atoms with van der Waals surface area (Å²) in [7, 11) is 0. The maximum absolute atomic E-state index is 5.87. The van der Waals surface area contributed by atoms with Gasteiger partial charge < -0.3 is 10.5 Å². The van der Waals surface area contributed by atoms with Crippen molar-refractivity contribution < 1.29 is 4.74 Å². The van der Waals surface area contributed by atoms with Gasteiger partial charge in [0.25, 0.3) is 0 Å². The highest BCUT2D eigenvalue weighted by atomic mass is 16.5. The van der Waals surface area contributed by atoms with Crippen molar-refractivity contribution in [1.82, 2.24) is 15.0 Å². The van der Waals surface area contributed by atoms with Gasteiger partial charge in [0, 0.05) is 11.5 Å². The van der Waals surface area contributed by atoms with E-state index >= 15 is 0 Å². The Morgan fingerprint density at radius 1 is 1.19 bits per heavy atom. The zero-order valence-corrected chi connectivity index (χ0v) is 12.2. The van der Waals surface area contributed by atoms with E-state index in [1.54, 1.807) is 0 Å². The minimum Gasteiger partial charge on any atom is -0.494 e. The molecule has 0 unspecified atom stereocenters. The van der Waals surface area contributed by atoms with Crippen LogP contribution in [0, 0.1) is 0 Å². The Bertz CT molecular complexity index is 623. The molecule has 0 aliphatic heterocycles. The molecule has 2 aromatic rings. The summed E-state index contributed by atoms with van der Waals surface area (Å²) in [4.78, 5) is 13.2. The first-order valence-corrected chi connectivity index (χ1v) is 7.51. The van der Waals surface area contributed by atoms with Crippen molar-refractivity contribution in [2.24, 2.45) is 0 Å². The topological polar surface area (TPSA) is 73.9 Å². The van der Waals surface area contributed by atoms with E-state index in [1.807, 2.05) is 31.2 Å². The molecular weight excluding hydrogens is 264 g/mol.